The van der Waals surface area contributed by atoms with Gasteiger partial charge in [-0.05, 0) is 6.07 Å². The lowest BCUT2D eigenvalue weighted by atomic mass is 10.2. The molecule has 0 aliphatic carbocycles. The van der Waals surface area contributed by atoms with Crippen molar-refractivity contribution >= 4 is 11.8 Å². The number of hydrogen-bond acceptors (Lipinski definition) is 7. The van der Waals surface area contributed by atoms with Crippen LogP contribution in [0.3, 0.4) is 0 Å². The molecule has 1 saturated heterocycles. The van der Waals surface area contributed by atoms with Gasteiger partial charge in [-0.2, -0.15) is 0 Å². The predicted octanol–water partition coefficient (Wildman–Crippen LogP) is -0.917. The number of ether oxygens (including phenoxy) is 2. The SMILES string of the molecule is NC1=NC(O)c2ccn([C@H]3CO[C@@H](CO)O3)c2N1. The summed E-state index contributed by atoms with van der Waals surface area (Å²) in [5, 5.41) is 21.6. The van der Waals surface area contributed by atoms with Gasteiger partial charge in [0.05, 0.1) is 13.2 Å². The maximum absolute atomic E-state index is 9.75. The topological polar surface area (TPSA) is 114 Å². The van der Waals surface area contributed by atoms with Gasteiger partial charge in [0.1, 0.15) is 5.82 Å². The number of anilines is 1. The fourth-order valence-electron chi connectivity index (χ4n) is 2.09. The van der Waals surface area contributed by atoms with Crippen molar-refractivity contribution in [1.82, 2.24) is 4.57 Å². The van der Waals surface area contributed by atoms with Crippen LogP contribution in [0.4, 0.5) is 5.82 Å². The van der Waals surface area contributed by atoms with Crippen molar-refractivity contribution in [3.8, 4) is 0 Å². The number of aliphatic hydroxyl groups excluding tert-OH is 2. The zero-order valence-corrected chi connectivity index (χ0v) is 9.48. The van der Waals surface area contributed by atoms with Crippen molar-refractivity contribution in [1.29, 1.82) is 0 Å². The van der Waals surface area contributed by atoms with Crippen molar-refractivity contribution in [2.45, 2.75) is 18.7 Å². The highest BCUT2D eigenvalue weighted by atomic mass is 16.7. The minimum Gasteiger partial charge on any atom is -0.391 e. The standard InChI is InChI=1S/C10H14N4O4/c11-10-12-8-5(9(16)13-10)1-2-14(8)6-4-17-7(3-15)18-6/h1-2,6-7,9,15-16H,3-4H2,(H3,11,12,13)/t6-,7-,9?/m1/s1. The molecular formula is C10H14N4O4. The van der Waals surface area contributed by atoms with Gasteiger partial charge in [-0.1, -0.05) is 0 Å². The van der Waals surface area contributed by atoms with Gasteiger partial charge < -0.3 is 35.3 Å². The number of guanidine groups is 1. The fourth-order valence-corrected chi connectivity index (χ4v) is 2.09. The van der Waals surface area contributed by atoms with E-state index in [-0.39, 0.29) is 18.8 Å². The molecule has 98 valence electrons. The van der Waals surface area contributed by atoms with E-state index in [2.05, 4.69) is 10.3 Å². The highest BCUT2D eigenvalue weighted by molar-refractivity contribution is 5.94. The predicted molar refractivity (Wildman–Crippen MR) is 61.6 cm³/mol. The Bertz CT molecular complexity index is 486. The summed E-state index contributed by atoms with van der Waals surface area (Å²) in [6.45, 7) is 0.126. The molecule has 8 nitrogen and oxygen atoms in total. The summed E-state index contributed by atoms with van der Waals surface area (Å²) in [5.74, 6) is 0.773. The number of fused-ring (bicyclic) bond motifs is 1. The molecule has 3 rings (SSSR count). The van der Waals surface area contributed by atoms with Crippen molar-refractivity contribution in [2.75, 3.05) is 18.5 Å². The minimum absolute atomic E-state index is 0.146. The third-order valence-corrected chi connectivity index (χ3v) is 2.93. The smallest absolute Gasteiger partial charge is 0.197 e. The first-order valence-electron chi connectivity index (χ1n) is 5.56. The summed E-state index contributed by atoms with van der Waals surface area (Å²) in [7, 11) is 0. The number of aromatic nitrogens is 1. The number of hydrogen-bond donors (Lipinski definition) is 4. The molecule has 8 heteroatoms. The summed E-state index contributed by atoms with van der Waals surface area (Å²) in [6, 6.07) is 1.73. The maximum Gasteiger partial charge on any atom is 0.197 e. The van der Waals surface area contributed by atoms with Gasteiger partial charge in [-0.25, -0.2) is 4.99 Å². The van der Waals surface area contributed by atoms with Gasteiger partial charge in [0.15, 0.2) is 24.7 Å². The molecule has 18 heavy (non-hydrogen) atoms. The van der Waals surface area contributed by atoms with E-state index in [0.717, 1.165) is 0 Å². The minimum atomic E-state index is -0.974. The summed E-state index contributed by atoms with van der Waals surface area (Å²) in [6.07, 6.45) is -0.203. The quantitative estimate of drug-likeness (QED) is 0.543. The van der Waals surface area contributed by atoms with Crippen LogP contribution in [0.2, 0.25) is 0 Å². The van der Waals surface area contributed by atoms with Gasteiger partial charge >= 0.3 is 0 Å². The lowest BCUT2D eigenvalue weighted by molar-refractivity contribution is -0.0982. The molecule has 2 aliphatic heterocycles. The van der Waals surface area contributed by atoms with Crippen LogP contribution >= 0.6 is 0 Å². The first kappa shape index (κ1) is 11.5. The molecule has 5 N–H and O–H groups in total. The molecule has 3 atom stereocenters. The molecule has 3 heterocycles. The van der Waals surface area contributed by atoms with Gasteiger partial charge in [-0.3, -0.25) is 0 Å². The molecule has 0 spiro atoms. The zero-order chi connectivity index (χ0) is 12.7. The van der Waals surface area contributed by atoms with Crippen LogP contribution in [0.25, 0.3) is 0 Å². The average Bonchev–Trinajstić information content (AvgIpc) is 2.93. The third-order valence-electron chi connectivity index (χ3n) is 2.93. The molecule has 0 saturated carbocycles. The molecule has 1 aromatic rings. The average molecular weight is 254 g/mol. The summed E-state index contributed by atoms with van der Waals surface area (Å²) in [5.41, 5.74) is 6.20. The number of aliphatic hydroxyl groups is 2. The van der Waals surface area contributed by atoms with Crippen molar-refractivity contribution in [3.05, 3.63) is 17.8 Å². The van der Waals surface area contributed by atoms with Crippen LogP contribution in [-0.4, -0.2) is 40.2 Å². The lowest BCUT2D eigenvalue weighted by Gasteiger charge is -2.21. The molecule has 2 aliphatic rings. The van der Waals surface area contributed by atoms with Crippen LogP contribution in [0.5, 0.6) is 0 Å². The normalized spacial score (nSPS) is 30.8. The Morgan fingerprint density at radius 3 is 3.17 bits per heavy atom. The Labute approximate surface area is 103 Å². The summed E-state index contributed by atoms with van der Waals surface area (Å²) < 4.78 is 12.5. The fraction of sp³-hybridized carbons (Fsp3) is 0.500. The van der Waals surface area contributed by atoms with Gasteiger partial charge in [-0.15, -0.1) is 0 Å². The van der Waals surface area contributed by atoms with E-state index in [9.17, 15) is 5.11 Å². The van der Waals surface area contributed by atoms with Gasteiger partial charge in [0.2, 0.25) is 0 Å². The van der Waals surface area contributed by atoms with Crippen LogP contribution in [-0.2, 0) is 9.47 Å². The Morgan fingerprint density at radius 2 is 2.44 bits per heavy atom. The Kier molecular flexibility index (Phi) is 2.71. The Balaban J connectivity index is 1.88. The van der Waals surface area contributed by atoms with Crippen LogP contribution in [0.15, 0.2) is 17.3 Å². The van der Waals surface area contributed by atoms with Crippen molar-refractivity contribution in [3.63, 3.8) is 0 Å². The van der Waals surface area contributed by atoms with E-state index >= 15 is 0 Å². The van der Waals surface area contributed by atoms with Crippen molar-refractivity contribution < 1.29 is 19.7 Å². The molecule has 1 fully saturated rings. The summed E-state index contributed by atoms with van der Waals surface area (Å²) >= 11 is 0. The number of nitrogens with one attached hydrogen (secondary N) is 1. The first-order valence-corrected chi connectivity index (χ1v) is 5.56. The largest absolute Gasteiger partial charge is 0.391 e. The van der Waals surface area contributed by atoms with Gasteiger partial charge in [0.25, 0.3) is 0 Å². The number of nitrogens with two attached hydrogens (primary N) is 1. The monoisotopic (exact) mass is 254 g/mol. The zero-order valence-electron chi connectivity index (χ0n) is 9.48. The van der Waals surface area contributed by atoms with E-state index in [1.165, 1.54) is 0 Å². The molecule has 1 unspecified atom stereocenters. The van der Waals surface area contributed by atoms with Gasteiger partial charge in [0, 0.05) is 11.8 Å². The summed E-state index contributed by atoms with van der Waals surface area (Å²) in [4.78, 5) is 3.81. The van der Waals surface area contributed by atoms with E-state index in [1.54, 1.807) is 16.8 Å². The number of rotatable bonds is 2. The molecule has 0 amide bonds. The lowest BCUT2D eigenvalue weighted by Crippen LogP contribution is -2.30. The second-order valence-corrected chi connectivity index (χ2v) is 4.08. The Hall–Kier alpha value is -1.61. The van der Waals surface area contributed by atoms with E-state index in [0.29, 0.717) is 18.0 Å². The molecule has 0 radical (unpaired) electrons. The Morgan fingerprint density at radius 1 is 1.61 bits per heavy atom. The second-order valence-electron chi connectivity index (χ2n) is 4.08. The van der Waals surface area contributed by atoms with Crippen LogP contribution in [0, 0.1) is 0 Å². The number of nitrogens with zero attached hydrogens (tertiary/aromatic N) is 2. The van der Waals surface area contributed by atoms with Crippen molar-refractivity contribution in [2.24, 2.45) is 10.7 Å². The third kappa shape index (κ3) is 1.75. The highest BCUT2D eigenvalue weighted by Crippen LogP contribution is 2.33. The first-order chi connectivity index (χ1) is 8.69. The highest BCUT2D eigenvalue weighted by Gasteiger charge is 2.31. The van der Waals surface area contributed by atoms with E-state index in [4.69, 9.17) is 20.3 Å². The van der Waals surface area contributed by atoms with E-state index < -0.39 is 12.5 Å². The molecule has 0 bridgehead atoms. The maximum atomic E-state index is 9.75. The molecular weight excluding hydrogens is 240 g/mol. The van der Waals surface area contributed by atoms with E-state index in [1.807, 2.05) is 0 Å². The number of aliphatic imine (C=N–C) groups is 1. The molecule has 0 aromatic carbocycles. The second kappa shape index (κ2) is 4.25. The van der Waals surface area contributed by atoms with Crippen LogP contribution < -0.4 is 11.1 Å². The van der Waals surface area contributed by atoms with Crippen LogP contribution in [0.1, 0.15) is 18.0 Å². The molecule has 1 aromatic heterocycles.